The van der Waals surface area contributed by atoms with Crippen molar-refractivity contribution >= 4 is 20.7 Å². The Hall–Kier alpha value is -1.98. The van der Waals surface area contributed by atoms with Gasteiger partial charge in [-0.15, -0.1) is 0 Å². The van der Waals surface area contributed by atoms with E-state index in [1.54, 1.807) is 18.2 Å². The van der Waals surface area contributed by atoms with Crippen LogP contribution in [0.1, 0.15) is 38.8 Å². The summed E-state index contributed by atoms with van der Waals surface area (Å²) in [5.41, 5.74) is 1.98. The summed E-state index contributed by atoms with van der Waals surface area (Å²) in [5.74, 6) is 0. The van der Waals surface area contributed by atoms with Crippen LogP contribution in [0.3, 0.4) is 0 Å². The first-order valence-electron chi connectivity index (χ1n) is 9.00. The van der Waals surface area contributed by atoms with Gasteiger partial charge >= 0.3 is 0 Å². The second-order valence-corrected chi connectivity index (χ2v) is 9.32. The molecule has 0 amide bonds. The Morgan fingerprint density at radius 2 is 1.96 bits per heavy atom. The van der Waals surface area contributed by atoms with Crippen LogP contribution in [0.25, 0.3) is 10.9 Å². The molecule has 1 heterocycles. The van der Waals surface area contributed by atoms with Crippen LogP contribution in [0.5, 0.6) is 0 Å². The highest BCUT2D eigenvalue weighted by atomic mass is 32.2. The molecule has 0 saturated carbocycles. The van der Waals surface area contributed by atoms with Gasteiger partial charge in [-0.2, -0.15) is 0 Å². The Balaban J connectivity index is 2.03. The zero-order valence-corrected chi connectivity index (χ0v) is 16.6. The molecule has 1 aromatic heterocycles. The molecule has 138 valence electrons. The summed E-state index contributed by atoms with van der Waals surface area (Å²) in [4.78, 5) is 7.12. The number of aromatic nitrogens is 1. The second-order valence-electron chi connectivity index (χ2n) is 7.16. The largest absolute Gasteiger partial charge is 0.297 e. The Kier molecular flexibility index (Phi) is 5.30. The standard InChI is InChI=1S/C21H26N2O2S/c1-15(2)23(4)16(3)20-12-8-9-17-13-19(14-22-21(17)20)26(24,25)18-10-6-5-7-11-18/h5-10,12-16,18H,11H2,1-4H3. The maximum Gasteiger partial charge on any atom is 0.186 e. The summed E-state index contributed by atoms with van der Waals surface area (Å²) in [6.07, 6.45) is 9.32. The number of fused-ring (bicyclic) bond motifs is 1. The summed E-state index contributed by atoms with van der Waals surface area (Å²) in [5, 5.41) is 0.351. The minimum atomic E-state index is -3.43. The molecule has 0 saturated heterocycles. The van der Waals surface area contributed by atoms with E-state index >= 15 is 0 Å². The van der Waals surface area contributed by atoms with Crippen LogP contribution >= 0.6 is 0 Å². The number of hydrogen-bond donors (Lipinski definition) is 0. The van der Waals surface area contributed by atoms with Gasteiger partial charge in [-0.25, -0.2) is 8.42 Å². The molecule has 0 radical (unpaired) electrons. The van der Waals surface area contributed by atoms with Gasteiger partial charge in [0.2, 0.25) is 0 Å². The Morgan fingerprint density at radius 3 is 2.62 bits per heavy atom. The molecule has 1 aliphatic rings. The van der Waals surface area contributed by atoms with Gasteiger partial charge in [0.25, 0.3) is 0 Å². The molecular weight excluding hydrogens is 344 g/mol. The van der Waals surface area contributed by atoms with Crippen molar-refractivity contribution in [3.05, 3.63) is 60.3 Å². The zero-order valence-electron chi connectivity index (χ0n) is 15.8. The van der Waals surface area contributed by atoms with Crippen molar-refractivity contribution in [2.75, 3.05) is 7.05 Å². The zero-order chi connectivity index (χ0) is 18.9. The van der Waals surface area contributed by atoms with Crippen LogP contribution in [0.15, 0.2) is 59.7 Å². The third-order valence-corrected chi connectivity index (χ3v) is 7.29. The lowest BCUT2D eigenvalue weighted by atomic mass is 10.0. The average Bonchev–Trinajstić information content (AvgIpc) is 2.66. The van der Waals surface area contributed by atoms with E-state index in [0.717, 1.165) is 16.5 Å². The molecule has 3 rings (SSSR count). The molecule has 2 atom stereocenters. The first kappa shape index (κ1) is 18.8. The molecule has 0 spiro atoms. The van der Waals surface area contributed by atoms with Gasteiger partial charge in [-0.3, -0.25) is 9.88 Å². The van der Waals surface area contributed by atoms with E-state index in [1.807, 2.05) is 24.3 Å². The molecule has 1 aliphatic carbocycles. The molecule has 1 aromatic carbocycles. The number of pyridine rings is 1. The number of sulfone groups is 1. The number of para-hydroxylation sites is 1. The first-order valence-corrected chi connectivity index (χ1v) is 10.5. The summed E-state index contributed by atoms with van der Waals surface area (Å²) >= 11 is 0. The smallest absolute Gasteiger partial charge is 0.186 e. The van der Waals surface area contributed by atoms with E-state index < -0.39 is 15.1 Å². The molecule has 2 unspecified atom stereocenters. The molecule has 0 N–H and O–H groups in total. The number of allylic oxidation sites excluding steroid dienone is 3. The van der Waals surface area contributed by atoms with Gasteiger partial charge in [0.15, 0.2) is 9.84 Å². The Morgan fingerprint density at radius 1 is 1.19 bits per heavy atom. The normalized spacial score (nSPS) is 18.8. The van der Waals surface area contributed by atoms with E-state index in [2.05, 4.69) is 43.8 Å². The predicted octanol–water partition coefficient (Wildman–Crippen LogP) is 4.29. The molecule has 4 nitrogen and oxygen atoms in total. The SMILES string of the molecule is CC(C)N(C)C(C)c1cccc2cc(S(=O)(=O)C3C=CC=CC3)cnc12. The number of hydrogen-bond acceptors (Lipinski definition) is 4. The van der Waals surface area contributed by atoms with Gasteiger partial charge in [-0.1, -0.05) is 42.5 Å². The third kappa shape index (κ3) is 3.46. The van der Waals surface area contributed by atoms with E-state index in [-0.39, 0.29) is 10.9 Å². The monoisotopic (exact) mass is 370 g/mol. The van der Waals surface area contributed by atoms with Crippen LogP contribution in [-0.4, -0.2) is 36.6 Å². The highest BCUT2D eigenvalue weighted by molar-refractivity contribution is 7.92. The van der Waals surface area contributed by atoms with Crippen LogP contribution < -0.4 is 0 Å². The molecule has 0 fully saturated rings. The predicted molar refractivity (Wildman–Crippen MR) is 107 cm³/mol. The highest BCUT2D eigenvalue weighted by Crippen LogP contribution is 2.30. The van der Waals surface area contributed by atoms with E-state index in [4.69, 9.17) is 0 Å². The van der Waals surface area contributed by atoms with Gasteiger partial charge < -0.3 is 0 Å². The van der Waals surface area contributed by atoms with Crippen LogP contribution in [0.2, 0.25) is 0 Å². The molecular formula is C21H26N2O2S. The van der Waals surface area contributed by atoms with Crippen molar-refractivity contribution in [2.45, 2.75) is 49.4 Å². The van der Waals surface area contributed by atoms with Crippen molar-refractivity contribution in [2.24, 2.45) is 0 Å². The quantitative estimate of drug-likeness (QED) is 0.788. The van der Waals surface area contributed by atoms with Crippen LogP contribution in [-0.2, 0) is 9.84 Å². The minimum Gasteiger partial charge on any atom is -0.297 e. The lowest BCUT2D eigenvalue weighted by molar-refractivity contribution is 0.211. The molecule has 0 aliphatic heterocycles. The fourth-order valence-corrected chi connectivity index (χ4v) is 4.79. The summed E-state index contributed by atoms with van der Waals surface area (Å²) in [6, 6.07) is 8.34. The van der Waals surface area contributed by atoms with Gasteiger partial charge in [-0.05, 0) is 45.9 Å². The highest BCUT2D eigenvalue weighted by Gasteiger charge is 2.26. The van der Waals surface area contributed by atoms with E-state index in [1.165, 1.54) is 6.20 Å². The van der Waals surface area contributed by atoms with Crippen molar-refractivity contribution in [1.82, 2.24) is 9.88 Å². The topological polar surface area (TPSA) is 50.3 Å². The van der Waals surface area contributed by atoms with Crippen molar-refractivity contribution in [1.29, 1.82) is 0 Å². The maximum atomic E-state index is 12.9. The Bertz CT molecular complexity index is 961. The van der Waals surface area contributed by atoms with Crippen molar-refractivity contribution < 1.29 is 8.42 Å². The summed E-state index contributed by atoms with van der Waals surface area (Å²) in [6.45, 7) is 6.47. The number of benzene rings is 1. The molecule has 0 bridgehead atoms. The van der Waals surface area contributed by atoms with Crippen LogP contribution in [0.4, 0.5) is 0 Å². The fraction of sp³-hybridized carbons (Fsp3) is 0.381. The van der Waals surface area contributed by atoms with Crippen molar-refractivity contribution in [3.8, 4) is 0 Å². The summed E-state index contributed by atoms with van der Waals surface area (Å²) < 4.78 is 25.8. The van der Waals surface area contributed by atoms with E-state index in [9.17, 15) is 8.42 Å². The maximum absolute atomic E-state index is 12.9. The number of rotatable bonds is 5. The lowest BCUT2D eigenvalue weighted by Gasteiger charge is -2.29. The van der Waals surface area contributed by atoms with Crippen molar-refractivity contribution in [3.63, 3.8) is 0 Å². The fourth-order valence-electron chi connectivity index (χ4n) is 3.29. The third-order valence-electron chi connectivity index (χ3n) is 5.26. The summed E-state index contributed by atoms with van der Waals surface area (Å²) in [7, 11) is -1.33. The first-order chi connectivity index (χ1) is 12.3. The van der Waals surface area contributed by atoms with E-state index in [0.29, 0.717) is 12.5 Å². The minimum absolute atomic E-state index is 0.195. The van der Waals surface area contributed by atoms with Gasteiger partial charge in [0.05, 0.1) is 15.7 Å². The van der Waals surface area contributed by atoms with Gasteiger partial charge in [0.1, 0.15) is 0 Å². The average molecular weight is 371 g/mol. The van der Waals surface area contributed by atoms with Crippen LogP contribution in [0, 0.1) is 0 Å². The second kappa shape index (κ2) is 7.33. The molecule has 26 heavy (non-hydrogen) atoms. The molecule has 2 aromatic rings. The Labute approximate surface area is 156 Å². The molecule has 5 heteroatoms. The number of nitrogens with zero attached hydrogens (tertiary/aromatic N) is 2. The lowest BCUT2D eigenvalue weighted by Crippen LogP contribution is -2.29. The van der Waals surface area contributed by atoms with Gasteiger partial charge in [0, 0.05) is 23.7 Å².